The van der Waals surface area contributed by atoms with Crippen molar-refractivity contribution >= 4 is 17.4 Å². The van der Waals surface area contributed by atoms with Gasteiger partial charge in [-0.25, -0.2) is 0 Å². The molecule has 0 aliphatic heterocycles. The Balaban J connectivity index is 2.07. The average Bonchev–Trinajstić information content (AvgIpc) is 2.68. The summed E-state index contributed by atoms with van der Waals surface area (Å²) in [4.78, 5) is 17.6. The van der Waals surface area contributed by atoms with Crippen LogP contribution in [0.4, 0.5) is 14.5 Å². The van der Waals surface area contributed by atoms with Crippen LogP contribution in [0.3, 0.4) is 0 Å². The van der Waals surface area contributed by atoms with Gasteiger partial charge in [0.25, 0.3) is 5.91 Å². The predicted molar refractivity (Wildman–Crippen MR) is 105 cm³/mol. The number of methoxy groups -OCH3 is 1. The van der Waals surface area contributed by atoms with Crippen molar-refractivity contribution < 1.29 is 27.9 Å². The van der Waals surface area contributed by atoms with E-state index in [-0.39, 0.29) is 17.3 Å². The zero-order valence-electron chi connectivity index (χ0n) is 16.5. The third-order valence-electron chi connectivity index (χ3n) is 4.08. The summed E-state index contributed by atoms with van der Waals surface area (Å²) in [5.41, 5.74) is 8.78. The van der Waals surface area contributed by atoms with E-state index in [1.807, 2.05) is 32.0 Å². The lowest BCUT2D eigenvalue weighted by Crippen LogP contribution is -2.28. The van der Waals surface area contributed by atoms with Crippen molar-refractivity contribution in [1.82, 2.24) is 0 Å². The van der Waals surface area contributed by atoms with Gasteiger partial charge in [0, 0.05) is 11.3 Å². The van der Waals surface area contributed by atoms with Crippen molar-refractivity contribution in [1.29, 1.82) is 0 Å². The van der Waals surface area contributed by atoms with Crippen LogP contribution in [0.2, 0.25) is 0 Å². The molecular formula is C20H23F2N3O4. The van der Waals surface area contributed by atoms with Crippen LogP contribution >= 0.6 is 0 Å². The molecule has 156 valence electrons. The maximum atomic E-state index is 12.4. The first-order valence-corrected chi connectivity index (χ1v) is 8.72. The van der Waals surface area contributed by atoms with Gasteiger partial charge in [0.2, 0.25) is 6.10 Å². The molecule has 2 rings (SSSR count). The zero-order chi connectivity index (χ0) is 21.6. The predicted octanol–water partition coefficient (Wildman–Crippen LogP) is 3.58. The fourth-order valence-electron chi connectivity index (χ4n) is 2.49. The van der Waals surface area contributed by atoms with Gasteiger partial charge in [-0.2, -0.15) is 8.78 Å². The number of amidine groups is 1. The molecule has 29 heavy (non-hydrogen) atoms. The molecule has 0 fully saturated rings. The molecular weight excluding hydrogens is 384 g/mol. The van der Waals surface area contributed by atoms with E-state index < -0.39 is 18.6 Å². The quantitative estimate of drug-likeness (QED) is 0.396. The highest BCUT2D eigenvalue weighted by Crippen LogP contribution is 2.29. The van der Waals surface area contributed by atoms with Gasteiger partial charge in [-0.05, 0) is 50.1 Å². The molecule has 1 atom stereocenters. The number of halogens is 2. The van der Waals surface area contributed by atoms with E-state index in [2.05, 4.69) is 15.2 Å². The number of nitrogens with two attached hydrogens (primary N) is 1. The monoisotopic (exact) mass is 407 g/mol. The molecule has 0 aromatic heterocycles. The normalized spacial score (nSPS) is 12.4. The number of anilines is 1. The Hall–Kier alpha value is -3.36. The summed E-state index contributed by atoms with van der Waals surface area (Å²) in [6, 6.07) is 9.75. The highest BCUT2D eigenvalue weighted by molar-refractivity contribution is 5.98. The number of rotatable bonds is 8. The Labute approximate surface area is 167 Å². The Morgan fingerprint density at radius 2 is 1.79 bits per heavy atom. The first kappa shape index (κ1) is 21.9. The van der Waals surface area contributed by atoms with Gasteiger partial charge in [-0.15, -0.1) is 0 Å². The van der Waals surface area contributed by atoms with Crippen molar-refractivity contribution in [3.8, 4) is 11.5 Å². The Morgan fingerprint density at radius 3 is 2.38 bits per heavy atom. The Bertz CT molecular complexity index is 883. The molecule has 2 aromatic carbocycles. The highest BCUT2D eigenvalue weighted by atomic mass is 19.3. The largest absolute Gasteiger partial charge is 0.493 e. The van der Waals surface area contributed by atoms with Crippen LogP contribution in [-0.2, 0) is 9.63 Å². The molecule has 1 unspecified atom stereocenters. The lowest BCUT2D eigenvalue weighted by Gasteiger charge is -2.15. The summed E-state index contributed by atoms with van der Waals surface area (Å²) in [5.74, 6) is -0.529. The van der Waals surface area contributed by atoms with E-state index in [9.17, 15) is 13.6 Å². The summed E-state index contributed by atoms with van der Waals surface area (Å²) in [6.07, 6.45) is -0.920. The van der Waals surface area contributed by atoms with Gasteiger partial charge in [-0.3, -0.25) is 4.79 Å². The number of aryl methyl sites for hydroxylation is 2. The molecule has 1 amide bonds. The number of hydrogen-bond donors (Lipinski definition) is 2. The van der Waals surface area contributed by atoms with E-state index in [1.165, 1.54) is 32.2 Å². The lowest BCUT2D eigenvalue weighted by molar-refractivity contribution is -0.126. The minimum Gasteiger partial charge on any atom is -0.493 e. The number of hydrogen-bond acceptors (Lipinski definition) is 5. The number of oxime groups is 1. The van der Waals surface area contributed by atoms with Crippen LogP contribution < -0.4 is 20.5 Å². The van der Waals surface area contributed by atoms with Gasteiger partial charge in [0.15, 0.2) is 17.3 Å². The van der Waals surface area contributed by atoms with Crippen molar-refractivity contribution in [3.63, 3.8) is 0 Å². The van der Waals surface area contributed by atoms with E-state index in [0.29, 0.717) is 11.3 Å². The second-order valence-corrected chi connectivity index (χ2v) is 6.22. The molecule has 0 bridgehead atoms. The molecule has 0 saturated heterocycles. The van der Waals surface area contributed by atoms with E-state index >= 15 is 0 Å². The number of nitrogens with one attached hydrogen (secondary N) is 1. The van der Waals surface area contributed by atoms with Crippen LogP contribution in [0.25, 0.3) is 0 Å². The minimum atomic E-state index is -2.99. The van der Waals surface area contributed by atoms with Crippen LogP contribution in [0.15, 0.2) is 41.6 Å². The fourth-order valence-corrected chi connectivity index (χ4v) is 2.49. The third kappa shape index (κ3) is 5.81. The second kappa shape index (κ2) is 9.72. The number of carbonyl (C=O) groups is 1. The molecule has 0 spiro atoms. The summed E-state index contributed by atoms with van der Waals surface area (Å²) in [6.45, 7) is 2.32. The lowest BCUT2D eigenvalue weighted by atomic mass is 10.1. The molecule has 0 aliphatic carbocycles. The minimum absolute atomic E-state index is 0.0568. The van der Waals surface area contributed by atoms with Gasteiger partial charge in [0.1, 0.15) is 0 Å². The summed E-state index contributed by atoms with van der Waals surface area (Å²) < 4.78 is 34.2. The molecule has 0 saturated carbocycles. The standard InChI is InChI=1S/C20H23F2N3O4/c1-11-6-5-7-12(2)17(11)24-19(26)13(3)29-25-18(23)14-8-9-15(28-20(21)22)16(10-14)27-4/h5-10,13,20H,1-4H3,(H2,23,25)(H,24,26). The topological polar surface area (TPSA) is 95.2 Å². The van der Waals surface area contributed by atoms with Gasteiger partial charge in [0.05, 0.1) is 7.11 Å². The maximum Gasteiger partial charge on any atom is 0.387 e. The molecule has 0 heterocycles. The van der Waals surface area contributed by atoms with Gasteiger partial charge in [-0.1, -0.05) is 23.4 Å². The number of carbonyl (C=O) groups excluding carboxylic acids is 1. The smallest absolute Gasteiger partial charge is 0.387 e. The number of amides is 1. The number of para-hydroxylation sites is 1. The van der Waals surface area contributed by atoms with Gasteiger partial charge < -0.3 is 25.4 Å². The number of ether oxygens (including phenoxy) is 2. The van der Waals surface area contributed by atoms with E-state index in [0.717, 1.165) is 11.1 Å². The van der Waals surface area contributed by atoms with Crippen molar-refractivity contribution in [2.45, 2.75) is 33.5 Å². The summed E-state index contributed by atoms with van der Waals surface area (Å²) >= 11 is 0. The average molecular weight is 407 g/mol. The SMILES string of the molecule is COc1cc(/C(N)=N/OC(C)C(=O)Nc2c(C)cccc2C)ccc1OC(F)F. The zero-order valence-corrected chi connectivity index (χ0v) is 16.5. The molecule has 3 N–H and O–H groups in total. The van der Waals surface area contributed by atoms with Crippen molar-refractivity contribution in [2.24, 2.45) is 10.9 Å². The van der Waals surface area contributed by atoms with Crippen molar-refractivity contribution in [3.05, 3.63) is 53.1 Å². The summed E-state index contributed by atoms with van der Waals surface area (Å²) in [5, 5.41) is 6.56. The molecule has 0 radical (unpaired) electrons. The van der Waals surface area contributed by atoms with Crippen LogP contribution in [0.1, 0.15) is 23.6 Å². The molecule has 2 aromatic rings. The number of nitrogens with zero attached hydrogens (tertiary/aromatic N) is 1. The first-order valence-electron chi connectivity index (χ1n) is 8.72. The molecule has 9 heteroatoms. The fraction of sp³-hybridized carbons (Fsp3) is 0.300. The molecule has 7 nitrogen and oxygen atoms in total. The van der Waals surface area contributed by atoms with Crippen LogP contribution in [0, 0.1) is 13.8 Å². The summed E-state index contributed by atoms with van der Waals surface area (Å²) in [7, 11) is 1.31. The Kier molecular flexibility index (Phi) is 7.35. The maximum absolute atomic E-state index is 12.4. The van der Waals surface area contributed by atoms with Gasteiger partial charge >= 0.3 is 6.61 Å². The molecule has 0 aliphatic rings. The second-order valence-electron chi connectivity index (χ2n) is 6.22. The van der Waals surface area contributed by atoms with E-state index in [1.54, 1.807) is 0 Å². The number of benzene rings is 2. The van der Waals surface area contributed by atoms with E-state index in [4.69, 9.17) is 15.3 Å². The number of alkyl halides is 2. The highest BCUT2D eigenvalue weighted by Gasteiger charge is 2.17. The Morgan fingerprint density at radius 1 is 1.14 bits per heavy atom. The first-order chi connectivity index (χ1) is 13.7. The van der Waals surface area contributed by atoms with Crippen LogP contribution in [-0.4, -0.2) is 31.6 Å². The third-order valence-corrected chi connectivity index (χ3v) is 4.08. The van der Waals surface area contributed by atoms with Crippen molar-refractivity contribution in [2.75, 3.05) is 12.4 Å². The van der Waals surface area contributed by atoms with Crippen LogP contribution in [0.5, 0.6) is 11.5 Å².